The molecular weight excluding hydrogens is 569 g/mol. The Morgan fingerprint density at radius 2 is 1.78 bits per heavy atom. The topological polar surface area (TPSA) is 137 Å². The number of halogens is 1. The summed E-state index contributed by atoms with van der Waals surface area (Å²) in [6.07, 6.45) is 3.39. The number of fused-ring (bicyclic) bond motifs is 3. The van der Waals surface area contributed by atoms with Gasteiger partial charge in [-0.25, -0.2) is 17.4 Å². The molecule has 0 aliphatic heterocycles. The lowest BCUT2D eigenvalue weighted by molar-refractivity contribution is 0.466. The first-order valence-electron chi connectivity index (χ1n) is 9.71. The molecule has 1 fully saturated rings. The maximum atomic E-state index is 13.2. The van der Waals surface area contributed by atoms with E-state index in [4.69, 9.17) is 0 Å². The molecule has 3 atom stereocenters. The van der Waals surface area contributed by atoms with E-state index in [1.807, 2.05) is 6.92 Å². The van der Waals surface area contributed by atoms with Crippen molar-refractivity contribution in [3.63, 3.8) is 0 Å². The van der Waals surface area contributed by atoms with E-state index in [9.17, 15) is 21.4 Å². The minimum Gasteiger partial charge on any atom is -0.285 e. The first-order valence-corrected chi connectivity index (χ1v) is 13.9. The third-order valence-corrected chi connectivity index (χ3v) is 10.1. The van der Waals surface area contributed by atoms with Crippen molar-refractivity contribution in [3.05, 3.63) is 54.1 Å². The van der Waals surface area contributed by atoms with Crippen LogP contribution >= 0.6 is 22.6 Å². The summed E-state index contributed by atoms with van der Waals surface area (Å²) in [7, 11) is -8.04. The van der Waals surface area contributed by atoms with Crippen LogP contribution in [0.1, 0.15) is 30.1 Å². The largest absolute Gasteiger partial charge is 0.285 e. The van der Waals surface area contributed by atoms with Crippen LogP contribution in [0.5, 0.6) is 0 Å². The minimum absolute atomic E-state index is 0.0893. The van der Waals surface area contributed by atoms with E-state index in [0.717, 1.165) is 9.54 Å². The van der Waals surface area contributed by atoms with Gasteiger partial charge in [-0.1, -0.05) is 40.3 Å². The Morgan fingerprint density at radius 1 is 1.06 bits per heavy atom. The molecule has 10 nitrogen and oxygen atoms in total. The van der Waals surface area contributed by atoms with Crippen LogP contribution in [0.25, 0.3) is 16.8 Å². The number of nitrogens with zero attached hydrogens (tertiary/aromatic N) is 5. The molecule has 0 unspecified atom stereocenters. The van der Waals surface area contributed by atoms with Crippen molar-refractivity contribution in [2.75, 3.05) is 0 Å². The van der Waals surface area contributed by atoms with Gasteiger partial charge in [0.15, 0.2) is 11.3 Å². The van der Waals surface area contributed by atoms with Gasteiger partial charge in [-0.05, 0) is 38.0 Å². The Bertz CT molecular complexity index is 1560. The van der Waals surface area contributed by atoms with Crippen molar-refractivity contribution >= 4 is 59.5 Å². The lowest BCUT2D eigenvalue weighted by Gasteiger charge is -2.12. The summed E-state index contributed by atoms with van der Waals surface area (Å²) in [6, 6.07) is 8.19. The molecule has 0 spiro atoms. The molecule has 0 bridgehead atoms. The first-order chi connectivity index (χ1) is 15.1. The smallest absolute Gasteiger partial charge is 0.269 e. The monoisotopic (exact) mass is 587 g/mol. The fourth-order valence-corrected chi connectivity index (χ4v) is 7.93. The number of hydrogen-bond donors (Lipinski definition) is 1. The molecule has 0 amide bonds. The van der Waals surface area contributed by atoms with Crippen LogP contribution in [0.4, 0.5) is 0 Å². The highest BCUT2D eigenvalue weighted by Crippen LogP contribution is 2.42. The Kier molecular flexibility index (Phi) is 5.07. The summed E-state index contributed by atoms with van der Waals surface area (Å²) in [5.41, 5.74) is 2.09. The van der Waals surface area contributed by atoms with Crippen molar-refractivity contribution < 1.29 is 21.4 Å². The Balaban J connectivity index is 1.65. The molecule has 1 aliphatic rings. The molecule has 0 radical (unpaired) electrons. The average Bonchev–Trinajstić information content (AvgIpc) is 3.43. The second kappa shape index (κ2) is 7.46. The molecule has 0 saturated heterocycles. The van der Waals surface area contributed by atoms with E-state index in [1.165, 1.54) is 12.4 Å². The SMILES string of the molecule is Cc1ccc(S(=O)(=O)n2ccc3c2ncc2nnc([C@H]4C[C@@H](S(=O)(=O)O)C[C@H]4I)n23)cc1. The number of rotatable bonds is 4. The summed E-state index contributed by atoms with van der Waals surface area (Å²) in [5.74, 6) is 0.239. The molecular formula is C19H18IN5O5S2. The lowest BCUT2D eigenvalue weighted by atomic mass is 10.1. The van der Waals surface area contributed by atoms with Crippen molar-refractivity contribution in [3.8, 4) is 0 Å². The van der Waals surface area contributed by atoms with Gasteiger partial charge in [0, 0.05) is 16.0 Å². The van der Waals surface area contributed by atoms with Gasteiger partial charge >= 0.3 is 0 Å². The molecule has 4 aromatic rings. The quantitative estimate of drug-likeness (QED) is 0.219. The standard InChI is InChI=1S/C19H18IN5O5S2/c1-11-2-4-12(5-3-11)31(26,27)24-7-6-16-19(24)21-10-17-22-23-18(25(16)17)14-8-13(9-15(14)20)32(28,29)30/h2-7,10,13-15H,8-9H2,1H3,(H,28,29,30)/t13-,14+,15-/m1/s1. The van der Waals surface area contributed by atoms with Crippen molar-refractivity contribution in [1.82, 2.24) is 23.6 Å². The number of alkyl halides is 1. The molecule has 3 heterocycles. The fourth-order valence-electron chi connectivity index (χ4n) is 4.16. The van der Waals surface area contributed by atoms with Gasteiger partial charge in [0.05, 0.1) is 21.9 Å². The van der Waals surface area contributed by atoms with Crippen LogP contribution in [0, 0.1) is 6.92 Å². The normalized spacial score (nSPS) is 22.2. The Labute approximate surface area is 197 Å². The Hall–Kier alpha value is -2.10. The average molecular weight is 587 g/mol. The number of benzene rings is 1. The molecule has 1 aliphatic carbocycles. The summed E-state index contributed by atoms with van der Waals surface area (Å²) < 4.78 is 62.0. The zero-order chi connectivity index (χ0) is 22.8. The first kappa shape index (κ1) is 21.7. The van der Waals surface area contributed by atoms with Gasteiger partial charge in [-0.2, -0.15) is 8.42 Å². The third-order valence-electron chi connectivity index (χ3n) is 5.83. The van der Waals surface area contributed by atoms with Crippen LogP contribution < -0.4 is 0 Å². The maximum absolute atomic E-state index is 13.2. The molecule has 3 aromatic heterocycles. The molecule has 32 heavy (non-hydrogen) atoms. The fraction of sp³-hybridized carbons (Fsp3) is 0.316. The van der Waals surface area contributed by atoms with Crippen LogP contribution in [0.15, 0.2) is 47.6 Å². The van der Waals surface area contributed by atoms with E-state index in [1.54, 1.807) is 34.7 Å². The van der Waals surface area contributed by atoms with Crippen molar-refractivity contribution in [2.24, 2.45) is 0 Å². The van der Waals surface area contributed by atoms with Crippen LogP contribution in [0.3, 0.4) is 0 Å². The highest BCUT2D eigenvalue weighted by atomic mass is 127. The van der Waals surface area contributed by atoms with Gasteiger partial charge in [0.2, 0.25) is 0 Å². The number of aromatic nitrogens is 5. The van der Waals surface area contributed by atoms with Gasteiger partial charge in [0.25, 0.3) is 20.1 Å². The molecule has 1 aromatic carbocycles. The number of aryl methyl sites for hydroxylation is 1. The molecule has 5 rings (SSSR count). The predicted molar refractivity (Wildman–Crippen MR) is 125 cm³/mol. The number of hydrogen-bond acceptors (Lipinski definition) is 7. The van der Waals surface area contributed by atoms with Crippen LogP contribution in [0.2, 0.25) is 0 Å². The van der Waals surface area contributed by atoms with Gasteiger partial charge in [0.1, 0.15) is 5.82 Å². The molecule has 1 N–H and O–H groups in total. The van der Waals surface area contributed by atoms with E-state index in [2.05, 4.69) is 37.8 Å². The summed E-state index contributed by atoms with van der Waals surface area (Å²) in [5, 5.41) is 7.55. The van der Waals surface area contributed by atoms with Crippen molar-refractivity contribution in [1.29, 1.82) is 0 Å². The van der Waals surface area contributed by atoms with Gasteiger partial charge in [-0.3, -0.25) is 8.95 Å². The predicted octanol–water partition coefficient (Wildman–Crippen LogP) is 2.56. The van der Waals surface area contributed by atoms with Crippen LogP contribution in [-0.2, 0) is 20.1 Å². The second-order valence-corrected chi connectivity index (χ2v) is 13.0. The molecule has 1 saturated carbocycles. The van der Waals surface area contributed by atoms with E-state index >= 15 is 0 Å². The second-order valence-electron chi connectivity index (χ2n) is 7.88. The molecule has 168 valence electrons. The van der Waals surface area contributed by atoms with Crippen LogP contribution in [-0.4, -0.2) is 54.1 Å². The third kappa shape index (κ3) is 3.41. The minimum atomic E-state index is -4.16. The lowest BCUT2D eigenvalue weighted by Crippen LogP contribution is -2.17. The summed E-state index contributed by atoms with van der Waals surface area (Å²) >= 11 is 2.16. The maximum Gasteiger partial charge on any atom is 0.269 e. The van der Waals surface area contributed by atoms with E-state index < -0.39 is 25.4 Å². The van der Waals surface area contributed by atoms with Crippen molar-refractivity contribution in [2.45, 2.75) is 39.8 Å². The molecule has 13 heteroatoms. The highest BCUT2D eigenvalue weighted by Gasteiger charge is 2.42. The van der Waals surface area contributed by atoms with E-state index in [-0.39, 0.29) is 26.8 Å². The summed E-state index contributed by atoms with van der Waals surface area (Å²) in [4.78, 5) is 4.46. The summed E-state index contributed by atoms with van der Waals surface area (Å²) in [6.45, 7) is 1.88. The van der Waals surface area contributed by atoms with E-state index in [0.29, 0.717) is 23.4 Å². The van der Waals surface area contributed by atoms with Gasteiger partial charge in [-0.15, -0.1) is 10.2 Å². The Morgan fingerprint density at radius 3 is 2.44 bits per heavy atom. The zero-order valence-corrected chi connectivity index (χ0v) is 20.5. The zero-order valence-electron chi connectivity index (χ0n) is 16.7. The van der Waals surface area contributed by atoms with Gasteiger partial charge < -0.3 is 0 Å². The highest BCUT2D eigenvalue weighted by molar-refractivity contribution is 14.1.